The zero-order valence-corrected chi connectivity index (χ0v) is 10.2. The first-order valence-electron chi connectivity index (χ1n) is 5.73. The summed E-state index contributed by atoms with van der Waals surface area (Å²) in [5, 5.41) is 49.8. The predicted molar refractivity (Wildman–Crippen MR) is 69.7 cm³/mol. The SMILES string of the molecule is OC[C@H](O)[C@H](O)[C@H](O)[C@@H](O)/C=N\Nc1ccccc1. The van der Waals surface area contributed by atoms with Gasteiger partial charge in [-0.25, -0.2) is 0 Å². The van der Waals surface area contributed by atoms with E-state index in [0.29, 0.717) is 5.69 Å². The van der Waals surface area contributed by atoms with Crippen molar-refractivity contribution in [2.24, 2.45) is 5.10 Å². The van der Waals surface area contributed by atoms with Crippen molar-refractivity contribution in [1.82, 2.24) is 0 Å². The zero-order chi connectivity index (χ0) is 14.3. The molecule has 0 radical (unpaired) electrons. The predicted octanol–water partition coefficient (Wildman–Crippen LogP) is -1.48. The summed E-state index contributed by atoms with van der Waals surface area (Å²) in [6, 6.07) is 8.93. The van der Waals surface area contributed by atoms with E-state index in [-0.39, 0.29) is 0 Å². The maximum atomic E-state index is 9.52. The van der Waals surface area contributed by atoms with Crippen LogP contribution in [0.4, 0.5) is 5.69 Å². The molecule has 0 aromatic heterocycles. The van der Waals surface area contributed by atoms with E-state index >= 15 is 0 Å². The normalized spacial score (nSPS) is 17.9. The second-order valence-electron chi connectivity index (χ2n) is 3.98. The number of benzene rings is 1. The average Bonchev–Trinajstić information content (AvgIpc) is 2.45. The van der Waals surface area contributed by atoms with Crippen LogP contribution in [0.1, 0.15) is 0 Å². The Morgan fingerprint density at radius 3 is 2.26 bits per heavy atom. The van der Waals surface area contributed by atoms with E-state index in [2.05, 4.69) is 10.5 Å². The van der Waals surface area contributed by atoms with Crippen LogP contribution in [-0.4, -0.2) is 62.8 Å². The summed E-state index contributed by atoms with van der Waals surface area (Å²) in [5.74, 6) is 0. The van der Waals surface area contributed by atoms with Crippen molar-refractivity contribution in [1.29, 1.82) is 0 Å². The Morgan fingerprint density at radius 2 is 1.68 bits per heavy atom. The summed E-state index contributed by atoms with van der Waals surface area (Å²) in [7, 11) is 0. The second-order valence-corrected chi connectivity index (χ2v) is 3.98. The van der Waals surface area contributed by atoms with Crippen LogP contribution in [0.5, 0.6) is 0 Å². The van der Waals surface area contributed by atoms with Crippen molar-refractivity contribution in [3.63, 3.8) is 0 Å². The minimum Gasteiger partial charge on any atom is -0.394 e. The Morgan fingerprint density at radius 1 is 1.05 bits per heavy atom. The smallest absolute Gasteiger partial charge is 0.119 e. The van der Waals surface area contributed by atoms with Crippen molar-refractivity contribution >= 4 is 11.9 Å². The van der Waals surface area contributed by atoms with Crippen molar-refractivity contribution in [2.45, 2.75) is 24.4 Å². The lowest BCUT2D eigenvalue weighted by atomic mass is 10.0. The summed E-state index contributed by atoms with van der Waals surface area (Å²) >= 11 is 0. The number of rotatable bonds is 7. The monoisotopic (exact) mass is 270 g/mol. The summed E-state index contributed by atoms with van der Waals surface area (Å²) < 4.78 is 0. The molecule has 7 heteroatoms. The second kappa shape index (κ2) is 7.82. The van der Waals surface area contributed by atoms with E-state index in [4.69, 9.17) is 10.2 Å². The number of para-hydroxylation sites is 1. The Hall–Kier alpha value is -1.51. The quantitative estimate of drug-likeness (QED) is 0.265. The third-order valence-electron chi connectivity index (χ3n) is 2.48. The minimum atomic E-state index is -1.66. The largest absolute Gasteiger partial charge is 0.394 e. The standard InChI is InChI=1S/C12H18N2O5/c15-7-10(17)12(19)11(18)9(16)6-13-14-8-4-2-1-3-5-8/h1-6,9-12,14-19H,7H2/b13-6-/t9-,10-,11+,12-/m0/s1. The van der Waals surface area contributed by atoms with Gasteiger partial charge in [-0.05, 0) is 12.1 Å². The maximum absolute atomic E-state index is 9.52. The molecule has 0 unspecified atom stereocenters. The summed E-state index contributed by atoms with van der Waals surface area (Å²) in [4.78, 5) is 0. The van der Waals surface area contributed by atoms with E-state index in [1.54, 1.807) is 24.3 Å². The van der Waals surface area contributed by atoms with Gasteiger partial charge in [0.1, 0.15) is 24.4 Å². The molecule has 19 heavy (non-hydrogen) atoms. The molecule has 7 nitrogen and oxygen atoms in total. The fourth-order valence-electron chi connectivity index (χ4n) is 1.33. The topological polar surface area (TPSA) is 126 Å². The Labute approximate surface area is 110 Å². The number of hydrazone groups is 1. The molecule has 0 saturated carbocycles. The first-order chi connectivity index (χ1) is 9.06. The molecule has 1 aromatic rings. The van der Waals surface area contributed by atoms with Gasteiger partial charge in [0.25, 0.3) is 0 Å². The molecule has 6 N–H and O–H groups in total. The van der Waals surface area contributed by atoms with E-state index in [0.717, 1.165) is 6.21 Å². The molecule has 0 amide bonds. The van der Waals surface area contributed by atoms with E-state index < -0.39 is 31.0 Å². The average molecular weight is 270 g/mol. The molecule has 0 spiro atoms. The number of aliphatic hydroxyl groups is 5. The van der Waals surface area contributed by atoms with E-state index in [1.165, 1.54) is 0 Å². The molecule has 0 fully saturated rings. The maximum Gasteiger partial charge on any atom is 0.119 e. The van der Waals surface area contributed by atoms with Crippen LogP contribution in [0, 0.1) is 0 Å². The number of nitrogens with zero attached hydrogens (tertiary/aromatic N) is 1. The molecular formula is C12H18N2O5. The molecule has 1 rings (SSSR count). The molecule has 0 aliphatic heterocycles. The highest BCUT2D eigenvalue weighted by atomic mass is 16.4. The first-order valence-corrected chi connectivity index (χ1v) is 5.73. The summed E-state index contributed by atoms with van der Waals surface area (Å²) in [6.45, 7) is -0.718. The molecule has 106 valence electrons. The third kappa shape index (κ3) is 4.93. The molecule has 0 heterocycles. The first kappa shape index (κ1) is 15.5. The molecule has 0 aliphatic rings. The van der Waals surface area contributed by atoms with Crippen molar-refractivity contribution in [2.75, 3.05) is 12.0 Å². The van der Waals surface area contributed by atoms with Crippen molar-refractivity contribution in [3.05, 3.63) is 30.3 Å². The van der Waals surface area contributed by atoms with Gasteiger partial charge >= 0.3 is 0 Å². The number of aliphatic hydroxyl groups excluding tert-OH is 5. The highest BCUT2D eigenvalue weighted by molar-refractivity contribution is 5.65. The Kier molecular flexibility index (Phi) is 6.40. The molecule has 0 aliphatic carbocycles. The number of hydrogen-bond donors (Lipinski definition) is 6. The van der Waals surface area contributed by atoms with Crippen molar-refractivity contribution in [3.8, 4) is 0 Å². The van der Waals surface area contributed by atoms with Gasteiger partial charge in [0.2, 0.25) is 0 Å². The lowest BCUT2D eigenvalue weighted by Gasteiger charge is -2.23. The fourth-order valence-corrected chi connectivity index (χ4v) is 1.33. The van der Waals surface area contributed by atoms with Gasteiger partial charge in [-0.15, -0.1) is 0 Å². The molecule has 4 atom stereocenters. The molecular weight excluding hydrogens is 252 g/mol. The zero-order valence-electron chi connectivity index (χ0n) is 10.2. The number of hydrogen-bond acceptors (Lipinski definition) is 7. The molecule has 1 aromatic carbocycles. The van der Waals surface area contributed by atoms with Crippen LogP contribution >= 0.6 is 0 Å². The summed E-state index contributed by atoms with van der Waals surface area (Å²) in [6.07, 6.45) is -5.33. The van der Waals surface area contributed by atoms with Crippen LogP contribution in [0.15, 0.2) is 35.4 Å². The molecule has 0 saturated heterocycles. The highest BCUT2D eigenvalue weighted by Gasteiger charge is 2.29. The van der Waals surface area contributed by atoms with Gasteiger partial charge in [-0.3, -0.25) is 5.43 Å². The minimum absolute atomic E-state index is 0.691. The Balaban J connectivity index is 2.47. The number of anilines is 1. The van der Waals surface area contributed by atoms with Gasteiger partial charge in [0.05, 0.1) is 18.5 Å². The van der Waals surface area contributed by atoms with Crippen LogP contribution in [0.3, 0.4) is 0 Å². The highest BCUT2D eigenvalue weighted by Crippen LogP contribution is 2.06. The lowest BCUT2D eigenvalue weighted by molar-refractivity contribution is -0.0999. The van der Waals surface area contributed by atoms with Crippen LogP contribution in [0.2, 0.25) is 0 Å². The number of nitrogens with one attached hydrogen (secondary N) is 1. The fraction of sp³-hybridized carbons (Fsp3) is 0.417. The molecule has 0 bridgehead atoms. The van der Waals surface area contributed by atoms with Crippen LogP contribution < -0.4 is 5.43 Å². The third-order valence-corrected chi connectivity index (χ3v) is 2.48. The van der Waals surface area contributed by atoms with Gasteiger partial charge in [-0.2, -0.15) is 5.10 Å². The summed E-state index contributed by atoms with van der Waals surface area (Å²) in [5.41, 5.74) is 3.31. The van der Waals surface area contributed by atoms with E-state index in [9.17, 15) is 15.3 Å². The lowest BCUT2D eigenvalue weighted by Crippen LogP contribution is -2.46. The van der Waals surface area contributed by atoms with Gasteiger partial charge in [-0.1, -0.05) is 18.2 Å². The Bertz CT molecular complexity index is 387. The van der Waals surface area contributed by atoms with E-state index in [1.807, 2.05) is 6.07 Å². The van der Waals surface area contributed by atoms with Crippen LogP contribution in [-0.2, 0) is 0 Å². The van der Waals surface area contributed by atoms with Gasteiger partial charge in [0, 0.05) is 0 Å². The van der Waals surface area contributed by atoms with Gasteiger partial charge < -0.3 is 25.5 Å². The van der Waals surface area contributed by atoms with Gasteiger partial charge in [0.15, 0.2) is 0 Å². The van der Waals surface area contributed by atoms with Crippen LogP contribution in [0.25, 0.3) is 0 Å². The van der Waals surface area contributed by atoms with Crippen molar-refractivity contribution < 1.29 is 25.5 Å².